The van der Waals surface area contributed by atoms with Crippen molar-refractivity contribution in [2.45, 2.75) is 16.3 Å². The van der Waals surface area contributed by atoms with Gasteiger partial charge in [-0.15, -0.1) is 37.9 Å². The summed E-state index contributed by atoms with van der Waals surface area (Å²) in [5.74, 6) is -0.639. The van der Waals surface area contributed by atoms with E-state index in [1.54, 1.807) is 0 Å². The van der Waals surface area contributed by atoms with E-state index in [-0.39, 0.29) is 32.3 Å². The Bertz CT molecular complexity index is 239. The number of hydrogen-bond donors (Lipinski definition) is 6. The quantitative estimate of drug-likeness (QED) is 0.169. The van der Waals surface area contributed by atoms with Crippen LogP contribution in [0.4, 0.5) is 0 Å². The van der Waals surface area contributed by atoms with Gasteiger partial charge in [-0.05, 0) is 12.8 Å². The summed E-state index contributed by atoms with van der Waals surface area (Å²) in [6.45, 7) is 3.67. The molecule has 0 bridgehead atoms. The predicted octanol–water partition coefficient (Wildman–Crippen LogP) is 0.518. The second kappa shape index (κ2) is 13.1. The van der Waals surface area contributed by atoms with Crippen molar-refractivity contribution in [3.8, 4) is 0 Å². The van der Waals surface area contributed by atoms with E-state index in [0.29, 0.717) is 12.8 Å². The van der Waals surface area contributed by atoms with Crippen molar-refractivity contribution >= 4 is 43.9 Å². The molecule has 0 aromatic heterocycles. The number of aliphatic hydroxyl groups excluding tert-OH is 3. The Morgan fingerprint density at radius 1 is 1.26 bits per heavy atom. The van der Waals surface area contributed by atoms with Crippen LogP contribution in [-0.2, 0) is 9.53 Å². The SMILES string of the molecule is C=CCOC(=O)C(S)(S)S.OCCCC(CO)CO. The van der Waals surface area contributed by atoms with Crippen LogP contribution in [-0.4, -0.2) is 51.1 Å². The molecule has 19 heavy (non-hydrogen) atoms. The summed E-state index contributed by atoms with van der Waals surface area (Å²) in [4.78, 5) is 10.7. The van der Waals surface area contributed by atoms with E-state index < -0.39 is 9.38 Å². The third-order valence-electron chi connectivity index (χ3n) is 1.89. The van der Waals surface area contributed by atoms with Crippen LogP contribution in [0.2, 0.25) is 0 Å². The molecule has 0 aromatic rings. The first-order chi connectivity index (χ1) is 8.83. The third-order valence-corrected chi connectivity index (χ3v) is 2.44. The van der Waals surface area contributed by atoms with Crippen molar-refractivity contribution in [1.29, 1.82) is 0 Å². The summed E-state index contributed by atoms with van der Waals surface area (Å²) in [7, 11) is 0. The number of rotatable bonds is 8. The zero-order valence-electron chi connectivity index (χ0n) is 10.6. The smallest absolute Gasteiger partial charge is 0.342 e. The average Bonchev–Trinajstić information content (AvgIpc) is 2.37. The lowest BCUT2D eigenvalue weighted by Crippen LogP contribution is -2.22. The maximum Gasteiger partial charge on any atom is 0.342 e. The fourth-order valence-corrected chi connectivity index (χ4v) is 1.05. The lowest BCUT2D eigenvalue weighted by molar-refractivity contribution is -0.140. The van der Waals surface area contributed by atoms with Gasteiger partial charge in [0, 0.05) is 25.7 Å². The van der Waals surface area contributed by atoms with Crippen molar-refractivity contribution in [3.63, 3.8) is 0 Å². The standard InChI is InChI=1S/C6H14O3.C5H8O2S3/c7-3-1-2-6(4-8)5-9;1-2-3-7-4(6)5(8,9)10/h6-9H,1-5H2;2,8-10H,1,3H2. The number of hydrogen-bond acceptors (Lipinski definition) is 8. The number of carbonyl (C=O) groups is 1. The molecule has 0 aliphatic heterocycles. The van der Waals surface area contributed by atoms with E-state index in [0.717, 1.165) is 0 Å². The van der Waals surface area contributed by atoms with Crippen LogP contribution < -0.4 is 0 Å². The first kappa shape index (κ1) is 21.4. The molecule has 5 nitrogen and oxygen atoms in total. The van der Waals surface area contributed by atoms with Gasteiger partial charge in [-0.2, -0.15) is 0 Å². The van der Waals surface area contributed by atoms with Gasteiger partial charge in [0.1, 0.15) is 6.61 Å². The Morgan fingerprint density at radius 3 is 2.11 bits per heavy atom. The number of aliphatic hydroxyl groups is 3. The molecule has 0 aromatic carbocycles. The molecule has 0 fully saturated rings. The van der Waals surface area contributed by atoms with Gasteiger partial charge in [0.05, 0.1) is 0 Å². The Balaban J connectivity index is 0. The molecule has 0 heterocycles. The van der Waals surface area contributed by atoms with Gasteiger partial charge in [-0.1, -0.05) is 12.7 Å². The van der Waals surface area contributed by atoms with E-state index >= 15 is 0 Å². The zero-order valence-corrected chi connectivity index (χ0v) is 13.3. The highest BCUT2D eigenvalue weighted by molar-refractivity contribution is 8.18. The normalized spacial score (nSPS) is 10.7. The largest absolute Gasteiger partial charge is 0.459 e. The molecule has 0 radical (unpaired) electrons. The number of esters is 1. The Morgan fingerprint density at radius 2 is 1.79 bits per heavy atom. The topological polar surface area (TPSA) is 87.0 Å². The highest BCUT2D eigenvalue weighted by Gasteiger charge is 2.26. The minimum atomic E-state index is -1.32. The fraction of sp³-hybridized carbons (Fsp3) is 0.727. The molecule has 0 aliphatic rings. The summed E-state index contributed by atoms with van der Waals surface area (Å²) in [5.41, 5.74) is 0. The molecule has 8 heteroatoms. The number of thiol groups is 3. The van der Waals surface area contributed by atoms with Crippen molar-refractivity contribution in [3.05, 3.63) is 12.7 Å². The Labute approximate surface area is 130 Å². The van der Waals surface area contributed by atoms with Crippen molar-refractivity contribution in [2.24, 2.45) is 5.92 Å². The predicted molar refractivity (Wildman–Crippen MR) is 84.8 cm³/mol. The zero-order chi connectivity index (χ0) is 15.3. The van der Waals surface area contributed by atoms with Crippen LogP contribution >= 0.6 is 37.9 Å². The molecule has 0 unspecified atom stereocenters. The van der Waals surface area contributed by atoms with Crippen molar-refractivity contribution < 1.29 is 24.9 Å². The van der Waals surface area contributed by atoms with Gasteiger partial charge >= 0.3 is 5.97 Å². The minimum Gasteiger partial charge on any atom is -0.459 e. The summed E-state index contributed by atoms with van der Waals surface area (Å²) in [6, 6.07) is 0. The third kappa shape index (κ3) is 14.4. The van der Waals surface area contributed by atoms with E-state index in [4.69, 9.17) is 15.3 Å². The van der Waals surface area contributed by atoms with E-state index in [2.05, 4.69) is 49.2 Å². The first-order valence-corrected chi connectivity index (χ1v) is 6.95. The summed E-state index contributed by atoms with van der Waals surface area (Å²) >= 11 is 11.2. The van der Waals surface area contributed by atoms with Gasteiger partial charge in [0.2, 0.25) is 0 Å². The maximum atomic E-state index is 10.7. The van der Waals surface area contributed by atoms with Crippen LogP contribution in [0.1, 0.15) is 12.8 Å². The van der Waals surface area contributed by atoms with Gasteiger partial charge in [0.25, 0.3) is 0 Å². The van der Waals surface area contributed by atoms with Gasteiger partial charge in [-0.25, -0.2) is 4.79 Å². The first-order valence-electron chi connectivity index (χ1n) is 5.61. The van der Waals surface area contributed by atoms with Crippen LogP contribution in [0.3, 0.4) is 0 Å². The molecule has 114 valence electrons. The van der Waals surface area contributed by atoms with Crippen molar-refractivity contribution in [1.82, 2.24) is 0 Å². The van der Waals surface area contributed by atoms with Crippen LogP contribution in [0.15, 0.2) is 12.7 Å². The van der Waals surface area contributed by atoms with E-state index in [1.807, 2.05) is 0 Å². The molecule has 0 atom stereocenters. The molecule has 0 amide bonds. The summed E-state index contributed by atoms with van der Waals surface area (Å²) < 4.78 is 3.25. The molecule has 0 rings (SSSR count). The lowest BCUT2D eigenvalue weighted by Gasteiger charge is -2.12. The van der Waals surface area contributed by atoms with E-state index in [1.165, 1.54) is 6.08 Å². The van der Waals surface area contributed by atoms with Crippen molar-refractivity contribution in [2.75, 3.05) is 26.4 Å². The van der Waals surface area contributed by atoms with Gasteiger partial charge < -0.3 is 20.1 Å². The molecule has 0 saturated carbocycles. The van der Waals surface area contributed by atoms with Crippen LogP contribution in [0, 0.1) is 5.92 Å². The van der Waals surface area contributed by atoms with E-state index in [9.17, 15) is 4.79 Å². The highest BCUT2D eigenvalue weighted by Crippen LogP contribution is 2.25. The van der Waals surface area contributed by atoms with Crippen LogP contribution in [0.25, 0.3) is 0 Å². The highest BCUT2D eigenvalue weighted by atomic mass is 32.2. The fourth-order valence-electron chi connectivity index (χ4n) is 0.852. The second-order valence-electron chi connectivity index (χ2n) is 3.62. The Hall–Kier alpha value is 0.140. The van der Waals surface area contributed by atoms with Crippen LogP contribution in [0.5, 0.6) is 0 Å². The molecular weight excluding hydrogens is 308 g/mol. The van der Waals surface area contributed by atoms with Gasteiger partial charge in [0.15, 0.2) is 3.41 Å². The summed E-state index contributed by atoms with van der Waals surface area (Å²) in [5, 5.41) is 25.4. The molecule has 0 aliphatic carbocycles. The monoisotopic (exact) mass is 330 g/mol. The molecule has 3 N–H and O–H groups in total. The number of ether oxygens (including phenoxy) is 1. The maximum absolute atomic E-state index is 10.7. The lowest BCUT2D eigenvalue weighted by atomic mass is 10.1. The number of carbonyl (C=O) groups excluding carboxylic acids is 1. The molecule has 0 saturated heterocycles. The molecule has 0 spiro atoms. The Kier molecular flexibility index (Phi) is 14.8. The summed E-state index contributed by atoms with van der Waals surface area (Å²) in [6.07, 6.45) is 2.81. The van der Waals surface area contributed by atoms with Gasteiger partial charge in [-0.3, -0.25) is 0 Å². The minimum absolute atomic E-state index is 0.0104. The molecular formula is C11H22O5S3. The average molecular weight is 330 g/mol. The second-order valence-corrected chi connectivity index (χ2v) is 6.69.